The van der Waals surface area contributed by atoms with Gasteiger partial charge in [0, 0.05) is 138 Å². The zero-order valence-electron chi connectivity index (χ0n) is 96.6. The second-order valence-electron chi connectivity index (χ2n) is 39.6. The first kappa shape index (κ1) is 149. The van der Waals surface area contributed by atoms with Gasteiger partial charge in [-0.2, -0.15) is 0 Å². The van der Waals surface area contributed by atoms with Crippen molar-refractivity contribution in [3.05, 3.63) is 12.7 Å². The number of aliphatic hydroxyl groups is 11. The molecule has 0 aromatic heterocycles. The summed E-state index contributed by atoms with van der Waals surface area (Å²) in [5.74, 6) is 1.31. The molecule has 0 saturated carbocycles. The highest BCUT2D eigenvalue weighted by Crippen LogP contribution is 2.36. The first-order chi connectivity index (χ1) is 58.7. The highest BCUT2D eigenvalue weighted by Gasteiger charge is 2.49. The predicted molar refractivity (Wildman–Crippen MR) is 597 cm³/mol. The van der Waals surface area contributed by atoms with E-state index in [1.807, 2.05) is 256 Å². The number of nitrogens with zero attached hydrogens (tertiary/aromatic N) is 11. The summed E-state index contributed by atoms with van der Waals surface area (Å²) < 4.78 is 0. The van der Waals surface area contributed by atoms with Gasteiger partial charge >= 0.3 is 0 Å². The van der Waals surface area contributed by atoms with Crippen molar-refractivity contribution in [2.75, 3.05) is 75.0 Å². The zero-order chi connectivity index (χ0) is 107. The van der Waals surface area contributed by atoms with E-state index in [1.54, 1.807) is 56.1 Å². The Balaban J connectivity index is -0.000000133. The third-order valence-electron chi connectivity index (χ3n) is 29.6. The van der Waals surface area contributed by atoms with Crippen LogP contribution in [0, 0.1) is 35.5 Å². The van der Waals surface area contributed by atoms with Gasteiger partial charge in [-0.1, -0.05) is 254 Å². The largest absolute Gasteiger partial charge is 0.388 e. The van der Waals surface area contributed by atoms with Crippen LogP contribution in [-0.2, 0) is 0 Å². The fourth-order valence-corrected chi connectivity index (χ4v) is 26.6. The highest BCUT2D eigenvalue weighted by atomic mass is 28.3. The Bertz CT molecular complexity index is 3260. The maximum atomic E-state index is 10.8. The van der Waals surface area contributed by atoms with Crippen LogP contribution in [0.25, 0.3) is 0 Å². The van der Waals surface area contributed by atoms with Crippen LogP contribution in [0.4, 0.5) is 0 Å². The molecule has 11 N–H and O–H groups in total. The van der Waals surface area contributed by atoms with E-state index in [-0.39, 0.29) is 35.5 Å². The average molecular weight is 1920 g/mol. The van der Waals surface area contributed by atoms with Crippen molar-refractivity contribution in [1.29, 1.82) is 0 Å². The molecular weight excluding hydrogens is 1690 g/mol. The molecule has 0 aromatic rings. The first-order valence-corrected chi connectivity index (χ1v) is 61.8. The van der Waals surface area contributed by atoms with E-state index in [9.17, 15) is 56.2 Å². The maximum absolute atomic E-state index is 10.8. The summed E-state index contributed by atoms with van der Waals surface area (Å²) in [6, 6.07) is 6.76. The second kappa shape index (κ2) is 70.2. The molecule has 0 rings (SSSR count). The van der Waals surface area contributed by atoms with Crippen molar-refractivity contribution < 1.29 is 56.2 Å². The Labute approximate surface area is 810 Å². The molecule has 778 valence electrons. The summed E-state index contributed by atoms with van der Waals surface area (Å²) >= 11 is 0. The van der Waals surface area contributed by atoms with E-state index in [2.05, 4.69) is 142 Å². The Kier molecular flexibility index (Phi) is 80.7. The van der Waals surface area contributed by atoms with Gasteiger partial charge in [-0.25, -0.2) is 0 Å². The third-order valence-corrected chi connectivity index (χ3v) is 49.1. The van der Waals surface area contributed by atoms with Crippen LogP contribution in [0.2, 0.25) is 75.5 Å². The van der Waals surface area contributed by atoms with E-state index in [0.29, 0.717) is 5.71 Å². The molecule has 0 aromatic carbocycles. The molecule has 7 unspecified atom stereocenters. The zero-order valence-corrected chi connectivity index (χ0v) is 101. The summed E-state index contributed by atoms with van der Waals surface area (Å²) in [5, 5.41) is 109. The molecule has 0 aliphatic rings. The summed E-state index contributed by atoms with van der Waals surface area (Å²) in [6.07, 6.45) is 5.92. The molecule has 0 fully saturated rings. The van der Waals surface area contributed by atoms with E-state index in [4.69, 9.17) is 0 Å². The van der Waals surface area contributed by atoms with E-state index >= 15 is 0 Å². The minimum absolute atomic E-state index is 0.209. The van der Waals surface area contributed by atoms with Gasteiger partial charge in [0.1, 0.15) is 39.2 Å². The van der Waals surface area contributed by atoms with Crippen LogP contribution in [0.1, 0.15) is 350 Å². The third kappa shape index (κ3) is 47.3. The summed E-state index contributed by atoms with van der Waals surface area (Å²) in [7, 11) is 3.97. The molecule has 22 nitrogen and oxygen atoms in total. The van der Waals surface area contributed by atoms with Gasteiger partial charge in [-0.05, 0) is 219 Å². The Hall–Kier alpha value is -3.46. The summed E-state index contributed by atoms with van der Waals surface area (Å²) in [5.41, 5.74) is 4.18. The first-order valence-electron chi connectivity index (χ1n) is 49.6. The Morgan fingerprint density at radius 2 is 0.454 bits per heavy atom. The van der Waals surface area contributed by atoms with E-state index in [0.717, 1.165) is 165 Å². The topological polar surface area (TPSA) is 358 Å². The van der Waals surface area contributed by atoms with Crippen molar-refractivity contribution >= 4 is 95.1 Å². The lowest BCUT2D eigenvalue weighted by atomic mass is 9.77. The quantitative estimate of drug-likeness (QED) is 0.0156. The fraction of sp³-hybridized carbons (Fsp3) is 0.875. The van der Waals surface area contributed by atoms with Crippen molar-refractivity contribution in [2.45, 2.75) is 486 Å². The second-order valence-corrected chi connectivity index (χ2v) is 61.8. The monoisotopic (exact) mass is 1920 g/mol. The molecule has 0 saturated heterocycles. The van der Waals surface area contributed by atoms with Crippen LogP contribution < -0.4 is 0 Å². The maximum Gasteiger partial charge on any atom is 0.117 e. The van der Waals surface area contributed by atoms with Crippen molar-refractivity contribution in [1.82, 2.24) is 0 Å². The van der Waals surface area contributed by atoms with Crippen molar-refractivity contribution in [3.8, 4) is 0 Å². The minimum atomic E-state index is -1.62. The van der Waals surface area contributed by atoms with Gasteiger partial charge in [-0.15, -0.1) is 0 Å². The van der Waals surface area contributed by atoms with Crippen LogP contribution in [-0.4, -0.2) is 286 Å². The molecule has 0 aliphatic heterocycles. The number of aliphatic imine (C=N–C) groups is 11. The van der Waals surface area contributed by atoms with E-state index in [1.165, 1.54) is 6.08 Å². The van der Waals surface area contributed by atoms with Gasteiger partial charge in [0.15, 0.2) is 0 Å². The normalized spacial score (nSPS) is 17.0. The number of hydrogen-bond acceptors (Lipinski definition) is 22. The summed E-state index contributed by atoms with van der Waals surface area (Å²) in [4.78, 5) is 45.5. The van der Waals surface area contributed by atoms with Gasteiger partial charge < -0.3 is 56.2 Å². The SMILES string of the molecule is C=CC(C)(O)C(C)=NC.CCC(O)(C(C)=NC)C(C)C.CCC(O)(CC)C(C)=NC.CCN=C(C)C(C)(O)[Si](C)(C)C.CCN=C(C)C(C)(O)[Si](CC)(CC)CC.CCN=C(C)C(O)(C(C)C)C(C)C.CCN=C(C)C(O)(CC)C(C)C.CCN=C(C)C(O)(CC)CC.CC[Si](CC)(CC)C(C)(O)C(C)=NC.CN=C(C)C(C)(O)[Si](C)(C)C.CN=C(C)C(O)(C(C)C)C(C)C. The molecular formula is C104H225N11O11Si4. The molecule has 0 radical (unpaired) electrons. The average Bonchev–Trinajstić information content (AvgIpc) is 0.783. The van der Waals surface area contributed by atoms with Gasteiger partial charge in [0.25, 0.3) is 0 Å². The Morgan fingerprint density at radius 3 is 0.623 bits per heavy atom. The van der Waals surface area contributed by atoms with Crippen molar-refractivity contribution in [2.24, 2.45) is 90.4 Å². The lowest BCUT2D eigenvalue weighted by molar-refractivity contribution is 0.0187. The molecule has 7 atom stereocenters. The molecule has 0 aliphatic carbocycles. The number of rotatable bonds is 39. The molecule has 0 bridgehead atoms. The molecule has 0 spiro atoms. The van der Waals surface area contributed by atoms with Crippen molar-refractivity contribution in [3.63, 3.8) is 0 Å². The smallest absolute Gasteiger partial charge is 0.117 e. The lowest BCUT2D eigenvalue weighted by Crippen LogP contribution is -2.59. The van der Waals surface area contributed by atoms with Crippen LogP contribution >= 0.6 is 0 Å². The summed E-state index contributed by atoms with van der Waals surface area (Å²) in [6.45, 7) is 110. The highest BCUT2D eigenvalue weighted by molar-refractivity contribution is 6.86. The number of hydrogen-bond donors (Lipinski definition) is 11. The van der Waals surface area contributed by atoms with Gasteiger partial charge in [0.2, 0.25) is 0 Å². The molecule has 0 heterocycles. The standard InChI is InChI=1S/C12H27NOSi.C11H25NOSi.C11H23NO.2C10H21NO.C9H21NOSi.2C9H19NO.C8H19NOSi.C8H17NO.C7H13NO/c1-7-13-11(5)12(6,14)15(8-2,9-3)10-4;1-7-14(8-2,9-3)11(5,13)10(4)12-6;1-7-12-10(6)11(13,8(2)3)9(4)5;1-7(2)10(12,8(3)4)9(5)11-6;1-6-10(12,8(3)4)9(5)11-7-2;1-7-10-8(2)9(3,11)12(4,5)6;1-6-9(11,7(2)3)8(4)10-5;1-5-9(11,6-2)8(4)10-7-3;1-7(9-3)8(2,10)11(4,5)6;1-5-8(10,6-2)7(3)9-4;1-5-7(3,9)6(2)8-4/h14H,7-10H2,1-6H3;13H,7-9H2,1-6H3;8-9,13H,7H2,1-6H3;7-8,12H,1-6H3;8,12H,6-7H2,1-5H3;11H,7H2,1-6H3;7,11H,6H2,1-5H3;11H,5-7H2,1-4H3;10H,1-6H3;10H,5-6H2,1-4H3;5,9H,1H2,2-4H3. The fourth-order valence-electron chi connectivity index (χ4n) is 15.4. The molecule has 26 heteroatoms. The predicted octanol–water partition coefficient (Wildman–Crippen LogP) is 23.4. The Morgan fingerprint density at radius 1 is 0.254 bits per heavy atom. The molecule has 130 heavy (non-hydrogen) atoms. The van der Waals surface area contributed by atoms with Gasteiger partial charge in [0.05, 0.1) is 53.2 Å². The van der Waals surface area contributed by atoms with Crippen LogP contribution in [0.15, 0.2) is 67.6 Å². The van der Waals surface area contributed by atoms with Gasteiger partial charge in [-0.3, -0.25) is 54.9 Å². The van der Waals surface area contributed by atoms with E-state index < -0.39 is 92.4 Å². The van der Waals surface area contributed by atoms with Crippen LogP contribution in [0.3, 0.4) is 0 Å². The molecule has 0 amide bonds. The van der Waals surface area contributed by atoms with Crippen LogP contribution in [0.5, 0.6) is 0 Å². The minimum Gasteiger partial charge on any atom is -0.388 e. The lowest BCUT2D eigenvalue weighted by Gasteiger charge is -2.42.